The number of hydrogen-bond acceptors (Lipinski definition) is 6. The van der Waals surface area contributed by atoms with Crippen molar-refractivity contribution in [3.05, 3.63) is 40.8 Å². The molecule has 1 atom stereocenters. The summed E-state index contributed by atoms with van der Waals surface area (Å²) in [6.07, 6.45) is 3.36. The minimum absolute atomic E-state index is 0.0894. The summed E-state index contributed by atoms with van der Waals surface area (Å²) < 4.78 is 1.74. The van der Waals surface area contributed by atoms with Crippen molar-refractivity contribution in [1.29, 1.82) is 0 Å². The molecule has 0 radical (unpaired) electrons. The molecule has 1 fully saturated rings. The molecule has 1 N–H and O–H groups in total. The highest BCUT2D eigenvalue weighted by Crippen LogP contribution is 2.25. The molecule has 3 aromatic rings. The zero-order chi connectivity index (χ0) is 20.5. The van der Waals surface area contributed by atoms with Gasteiger partial charge < -0.3 is 10.2 Å². The van der Waals surface area contributed by atoms with Crippen molar-refractivity contribution in [3.63, 3.8) is 0 Å². The Labute approximate surface area is 178 Å². The van der Waals surface area contributed by atoms with Crippen molar-refractivity contribution in [2.24, 2.45) is 7.05 Å². The summed E-state index contributed by atoms with van der Waals surface area (Å²) in [5.74, 6) is 0.793. The van der Waals surface area contributed by atoms with Crippen molar-refractivity contribution in [2.45, 2.75) is 13.0 Å². The van der Waals surface area contributed by atoms with E-state index in [2.05, 4.69) is 30.2 Å². The van der Waals surface area contributed by atoms with Gasteiger partial charge in [-0.15, -0.1) is 0 Å². The summed E-state index contributed by atoms with van der Waals surface area (Å²) in [4.78, 5) is 25.8. The molecule has 0 unspecified atom stereocenters. The smallest absolute Gasteiger partial charge is 0.241 e. The van der Waals surface area contributed by atoms with Gasteiger partial charge in [0.2, 0.25) is 5.91 Å². The van der Waals surface area contributed by atoms with Gasteiger partial charge in [0.25, 0.3) is 0 Å². The van der Waals surface area contributed by atoms with Crippen LogP contribution in [0.25, 0.3) is 11.0 Å². The van der Waals surface area contributed by atoms with E-state index in [-0.39, 0.29) is 11.9 Å². The van der Waals surface area contributed by atoms with Crippen LogP contribution in [0.15, 0.2) is 30.7 Å². The van der Waals surface area contributed by atoms with Crippen LogP contribution in [0.5, 0.6) is 0 Å². The summed E-state index contributed by atoms with van der Waals surface area (Å²) in [5.41, 5.74) is 1.41. The predicted molar refractivity (Wildman–Crippen MR) is 115 cm³/mol. The van der Waals surface area contributed by atoms with Gasteiger partial charge in [0.05, 0.1) is 17.6 Å². The minimum atomic E-state index is -0.279. The molecule has 1 aromatic carbocycles. The Morgan fingerprint density at radius 3 is 2.48 bits per heavy atom. The maximum Gasteiger partial charge on any atom is 0.241 e. The highest BCUT2D eigenvalue weighted by Gasteiger charge is 2.27. The maximum absolute atomic E-state index is 12.7. The van der Waals surface area contributed by atoms with E-state index in [1.54, 1.807) is 35.4 Å². The van der Waals surface area contributed by atoms with E-state index in [9.17, 15) is 4.79 Å². The number of benzene rings is 1. The highest BCUT2D eigenvalue weighted by molar-refractivity contribution is 6.35. The van der Waals surface area contributed by atoms with Gasteiger partial charge in [0.1, 0.15) is 12.1 Å². The van der Waals surface area contributed by atoms with Crippen LogP contribution in [0.2, 0.25) is 10.0 Å². The number of fused-ring (bicyclic) bond motifs is 1. The number of halogens is 2. The minimum Gasteiger partial charge on any atom is -0.353 e. The number of nitrogens with zero attached hydrogens (tertiary/aromatic N) is 6. The van der Waals surface area contributed by atoms with Gasteiger partial charge in [0.15, 0.2) is 5.65 Å². The lowest BCUT2D eigenvalue weighted by Gasteiger charge is -2.38. The molecule has 2 aromatic heterocycles. The number of hydrogen-bond donors (Lipinski definition) is 1. The molecule has 3 heterocycles. The summed E-state index contributed by atoms with van der Waals surface area (Å²) in [6.45, 7) is 4.93. The van der Waals surface area contributed by atoms with Crippen LogP contribution >= 0.6 is 23.2 Å². The fourth-order valence-electron chi connectivity index (χ4n) is 3.56. The van der Waals surface area contributed by atoms with E-state index in [1.165, 1.54) is 0 Å². The monoisotopic (exact) mass is 433 g/mol. The second kappa shape index (κ2) is 8.14. The molecule has 0 bridgehead atoms. The highest BCUT2D eigenvalue weighted by atomic mass is 35.5. The Hall–Kier alpha value is -2.42. The molecule has 8 nitrogen and oxygen atoms in total. The zero-order valence-electron chi connectivity index (χ0n) is 16.1. The first-order valence-electron chi connectivity index (χ1n) is 9.31. The third-order valence-electron chi connectivity index (χ3n) is 5.18. The van der Waals surface area contributed by atoms with Gasteiger partial charge in [0, 0.05) is 49.0 Å². The molecule has 10 heteroatoms. The Morgan fingerprint density at radius 2 is 1.79 bits per heavy atom. The first-order valence-corrected chi connectivity index (χ1v) is 10.1. The number of piperazine rings is 1. The first kappa shape index (κ1) is 19.9. The van der Waals surface area contributed by atoms with Crippen LogP contribution < -0.4 is 10.2 Å². The van der Waals surface area contributed by atoms with Crippen molar-refractivity contribution < 1.29 is 4.79 Å². The van der Waals surface area contributed by atoms with E-state index in [0.717, 1.165) is 43.0 Å². The lowest BCUT2D eigenvalue weighted by atomic mass is 10.2. The summed E-state index contributed by atoms with van der Waals surface area (Å²) >= 11 is 12.0. The van der Waals surface area contributed by atoms with Gasteiger partial charge in [-0.05, 0) is 25.1 Å². The van der Waals surface area contributed by atoms with Crippen molar-refractivity contribution in [3.8, 4) is 0 Å². The Kier molecular flexibility index (Phi) is 5.58. The van der Waals surface area contributed by atoms with Gasteiger partial charge in [-0.2, -0.15) is 5.10 Å². The zero-order valence-corrected chi connectivity index (χ0v) is 17.7. The van der Waals surface area contributed by atoms with Gasteiger partial charge >= 0.3 is 0 Å². The van der Waals surface area contributed by atoms with Crippen LogP contribution in [0.3, 0.4) is 0 Å². The number of amides is 1. The second-order valence-corrected chi connectivity index (χ2v) is 7.92. The maximum atomic E-state index is 12.7. The lowest BCUT2D eigenvalue weighted by Crippen LogP contribution is -2.53. The van der Waals surface area contributed by atoms with Gasteiger partial charge in [-0.1, -0.05) is 23.2 Å². The van der Waals surface area contributed by atoms with Crippen LogP contribution in [0.4, 0.5) is 11.5 Å². The van der Waals surface area contributed by atoms with Crippen LogP contribution in [-0.4, -0.2) is 62.8 Å². The molecule has 4 rings (SSSR count). The van der Waals surface area contributed by atoms with Crippen LogP contribution in [0, 0.1) is 0 Å². The number of rotatable bonds is 4. The Morgan fingerprint density at radius 1 is 1.10 bits per heavy atom. The van der Waals surface area contributed by atoms with E-state index >= 15 is 0 Å². The van der Waals surface area contributed by atoms with E-state index in [0.29, 0.717) is 15.7 Å². The summed E-state index contributed by atoms with van der Waals surface area (Å²) in [5, 5.41) is 9.08. The largest absolute Gasteiger partial charge is 0.353 e. The Bertz CT molecular complexity index is 1030. The molecule has 152 valence electrons. The average molecular weight is 434 g/mol. The lowest BCUT2D eigenvalue weighted by molar-refractivity contribution is -0.120. The predicted octanol–water partition coefficient (Wildman–Crippen LogP) is 2.82. The number of aromatic nitrogens is 4. The SMILES string of the molecule is C[C@@H](C(=O)Nc1cc(Cl)cc(Cl)c1)N1CCN(c2ncnc3c2cnn3C)CC1. The molecule has 29 heavy (non-hydrogen) atoms. The number of nitrogens with one attached hydrogen (secondary N) is 1. The van der Waals surface area contributed by atoms with Crippen molar-refractivity contribution >= 4 is 51.6 Å². The average Bonchev–Trinajstić information content (AvgIpc) is 3.08. The molecule has 1 aliphatic heterocycles. The van der Waals surface area contributed by atoms with Crippen molar-refractivity contribution in [1.82, 2.24) is 24.6 Å². The van der Waals surface area contributed by atoms with Gasteiger partial charge in [-0.25, -0.2) is 9.97 Å². The van der Waals surface area contributed by atoms with Crippen LogP contribution in [0.1, 0.15) is 6.92 Å². The van der Waals surface area contributed by atoms with E-state index < -0.39 is 0 Å². The number of carbonyl (C=O) groups excluding carboxylic acids is 1. The number of anilines is 2. The van der Waals surface area contributed by atoms with Crippen molar-refractivity contribution in [2.75, 3.05) is 36.4 Å². The third kappa shape index (κ3) is 4.14. The topological polar surface area (TPSA) is 79.2 Å². The quantitative estimate of drug-likeness (QED) is 0.681. The standard InChI is InChI=1S/C19H21Cl2N7O/c1-12(19(29)25-15-8-13(20)7-14(21)9-15)27-3-5-28(6-4-27)18-16-10-24-26(2)17(16)22-11-23-18/h7-12H,3-6H2,1-2H3,(H,25,29)/t12-/m0/s1. The van der Waals surface area contributed by atoms with E-state index in [1.807, 2.05) is 14.0 Å². The molecule has 0 aliphatic carbocycles. The third-order valence-corrected chi connectivity index (χ3v) is 5.62. The second-order valence-electron chi connectivity index (χ2n) is 7.05. The molecular weight excluding hydrogens is 413 g/mol. The molecule has 1 aliphatic rings. The molecular formula is C19H21Cl2N7O. The molecule has 1 amide bonds. The first-order chi connectivity index (χ1) is 13.9. The molecule has 0 spiro atoms. The van der Waals surface area contributed by atoms with Crippen LogP contribution in [-0.2, 0) is 11.8 Å². The van der Waals surface area contributed by atoms with E-state index in [4.69, 9.17) is 23.2 Å². The fraction of sp³-hybridized carbons (Fsp3) is 0.368. The summed E-state index contributed by atoms with van der Waals surface area (Å²) in [6, 6.07) is 4.72. The molecule has 1 saturated heterocycles. The Balaban J connectivity index is 1.40. The summed E-state index contributed by atoms with van der Waals surface area (Å²) in [7, 11) is 1.87. The number of carbonyl (C=O) groups is 1. The fourth-order valence-corrected chi connectivity index (χ4v) is 4.09. The van der Waals surface area contributed by atoms with Gasteiger partial charge in [-0.3, -0.25) is 14.4 Å². The molecule has 0 saturated carbocycles. The normalized spacial score (nSPS) is 16.2. The number of aryl methyl sites for hydroxylation is 1.